The zero-order valence-corrected chi connectivity index (χ0v) is 13.0. The molecule has 118 valence electrons. The van der Waals surface area contributed by atoms with E-state index >= 15 is 0 Å². The summed E-state index contributed by atoms with van der Waals surface area (Å²) in [5.74, 6) is -0.784. The lowest BCUT2D eigenvalue weighted by atomic mass is 9.97. The number of benzene rings is 2. The van der Waals surface area contributed by atoms with Gasteiger partial charge in [0.15, 0.2) is 0 Å². The number of likely N-dealkylation sites (tertiary alicyclic amines) is 1. The molecule has 0 saturated carbocycles. The first-order valence-electron chi connectivity index (χ1n) is 7.75. The van der Waals surface area contributed by atoms with Crippen LogP contribution in [0, 0.1) is 0 Å². The Morgan fingerprint density at radius 3 is 2.43 bits per heavy atom. The third kappa shape index (κ3) is 3.11. The predicted octanol–water partition coefficient (Wildman–Crippen LogP) is 3.40. The number of hydrogen-bond donors (Lipinski definition) is 1. The van der Waals surface area contributed by atoms with Crippen LogP contribution in [0.4, 0.5) is 0 Å². The second-order valence-electron chi connectivity index (χ2n) is 6.04. The highest BCUT2D eigenvalue weighted by atomic mass is 16.4. The van der Waals surface area contributed by atoms with Gasteiger partial charge in [-0.15, -0.1) is 0 Å². The van der Waals surface area contributed by atoms with Gasteiger partial charge in [0.25, 0.3) is 5.91 Å². The molecule has 3 rings (SSSR count). The zero-order valence-electron chi connectivity index (χ0n) is 13.0. The van der Waals surface area contributed by atoms with Crippen molar-refractivity contribution >= 4 is 11.9 Å². The number of carboxylic acids is 1. The lowest BCUT2D eigenvalue weighted by Crippen LogP contribution is -2.34. The van der Waals surface area contributed by atoms with Gasteiger partial charge in [-0.05, 0) is 37.1 Å². The Balaban J connectivity index is 1.80. The maximum Gasteiger partial charge on any atom is 0.335 e. The van der Waals surface area contributed by atoms with Gasteiger partial charge in [-0.2, -0.15) is 0 Å². The molecule has 0 bridgehead atoms. The average molecular weight is 309 g/mol. The van der Waals surface area contributed by atoms with Crippen molar-refractivity contribution in [1.29, 1.82) is 0 Å². The molecule has 0 aromatic heterocycles. The zero-order chi connectivity index (χ0) is 16.4. The number of nitrogens with zero attached hydrogens (tertiary/aromatic N) is 1. The van der Waals surface area contributed by atoms with Crippen LogP contribution in [-0.2, 0) is 0 Å². The van der Waals surface area contributed by atoms with E-state index in [0.717, 1.165) is 6.42 Å². The van der Waals surface area contributed by atoms with E-state index in [1.165, 1.54) is 17.7 Å². The molecule has 0 radical (unpaired) electrons. The highest BCUT2D eigenvalue weighted by Gasteiger charge is 2.33. The van der Waals surface area contributed by atoms with Crippen LogP contribution in [0.1, 0.15) is 45.5 Å². The SMILES string of the molecule is CC1CC(c2ccccc2)CN1C(=O)c1cccc(C(=O)O)c1. The smallest absolute Gasteiger partial charge is 0.335 e. The van der Waals surface area contributed by atoms with Gasteiger partial charge in [0.2, 0.25) is 0 Å². The molecule has 0 spiro atoms. The molecule has 1 fully saturated rings. The van der Waals surface area contributed by atoms with E-state index in [9.17, 15) is 9.59 Å². The molecule has 0 aliphatic carbocycles. The summed E-state index contributed by atoms with van der Waals surface area (Å²) in [6.45, 7) is 2.71. The number of carbonyl (C=O) groups is 2. The average Bonchev–Trinajstić information content (AvgIpc) is 2.97. The third-order valence-corrected chi connectivity index (χ3v) is 4.46. The number of rotatable bonds is 3. The molecule has 4 heteroatoms. The normalized spacial score (nSPS) is 20.5. The Morgan fingerprint density at radius 2 is 1.74 bits per heavy atom. The number of hydrogen-bond acceptors (Lipinski definition) is 2. The fourth-order valence-electron chi connectivity index (χ4n) is 3.23. The molecular weight excluding hydrogens is 290 g/mol. The Kier molecular flexibility index (Phi) is 4.15. The maximum atomic E-state index is 12.7. The van der Waals surface area contributed by atoms with Crippen LogP contribution in [0.5, 0.6) is 0 Å². The van der Waals surface area contributed by atoms with E-state index in [1.807, 2.05) is 30.0 Å². The topological polar surface area (TPSA) is 57.6 Å². The molecule has 2 unspecified atom stereocenters. The number of amides is 1. The first-order valence-corrected chi connectivity index (χ1v) is 7.75. The fraction of sp³-hybridized carbons (Fsp3) is 0.263. The first-order chi connectivity index (χ1) is 11.1. The molecule has 2 aromatic carbocycles. The molecule has 1 saturated heterocycles. The van der Waals surface area contributed by atoms with E-state index in [0.29, 0.717) is 18.0 Å². The lowest BCUT2D eigenvalue weighted by Gasteiger charge is -2.21. The molecule has 1 aliphatic heterocycles. The maximum absolute atomic E-state index is 12.7. The van der Waals surface area contributed by atoms with Crippen LogP contribution < -0.4 is 0 Å². The van der Waals surface area contributed by atoms with E-state index in [4.69, 9.17) is 5.11 Å². The standard InChI is InChI=1S/C19H19NO3/c1-13-10-17(14-6-3-2-4-7-14)12-20(13)18(21)15-8-5-9-16(11-15)19(22)23/h2-9,11,13,17H,10,12H2,1H3,(H,22,23). The van der Waals surface area contributed by atoms with E-state index in [2.05, 4.69) is 12.1 Å². The minimum atomic E-state index is -1.02. The highest BCUT2D eigenvalue weighted by Crippen LogP contribution is 2.32. The van der Waals surface area contributed by atoms with Crippen molar-refractivity contribution < 1.29 is 14.7 Å². The molecular formula is C19H19NO3. The van der Waals surface area contributed by atoms with Gasteiger partial charge in [-0.3, -0.25) is 4.79 Å². The quantitative estimate of drug-likeness (QED) is 0.945. The summed E-state index contributed by atoms with van der Waals surface area (Å²) in [6, 6.07) is 16.6. The predicted molar refractivity (Wildman–Crippen MR) is 87.7 cm³/mol. The van der Waals surface area contributed by atoms with Crippen LogP contribution in [-0.4, -0.2) is 34.5 Å². The fourth-order valence-corrected chi connectivity index (χ4v) is 3.23. The van der Waals surface area contributed by atoms with Crippen molar-refractivity contribution in [3.05, 3.63) is 71.3 Å². The van der Waals surface area contributed by atoms with E-state index in [-0.39, 0.29) is 17.5 Å². The summed E-state index contributed by atoms with van der Waals surface area (Å²) in [6.07, 6.45) is 0.925. The minimum absolute atomic E-state index is 0.0981. The van der Waals surface area contributed by atoms with Crippen molar-refractivity contribution in [1.82, 2.24) is 4.90 Å². The van der Waals surface area contributed by atoms with Crippen molar-refractivity contribution in [2.75, 3.05) is 6.54 Å². The molecule has 2 atom stereocenters. The van der Waals surface area contributed by atoms with Gasteiger partial charge in [-0.25, -0.2) is 4.79 Å². The van der Waals surface area contributed by atoms with E-state index < -0.39 is 5.97 Å². The summed E-state index contributed by atoms with van der Waals surface area (Å²) in [4.78, 5) is 25.7. The van der Waals surface area contributed by atoms with E-state index in [1.54, 1.807) is 12.1 Å². The van der Waals surface area contributed by atoms with Gasteiger partial charge in [0, 0.05) is 24.1 Å². The monoisotopic (exact) mass is 309 g/mol. The molecule has 1 amide bonds. The van der Waals surface area contributed by atoms with Crippen molar-refractivity contribution in [2.45, 2.75) is 25.3 Å². The van der Waals surface area contributed by atoms with Gasteiger partial charge in [0.05, 0.1) is 5.56 Å². The summed E-state index contributed by atoms with van der Waals surface area (Å²) in [5, 5.41) is 9.07. The number of aromatic carboxylic acids is 1. The van der Waals surface area contributed by atoms with Crippen LogP contribution in [0.2, 0.25) is 0 Å². The summed E-state index contributed by atoms with van der Waals surface area (Å²) in [7, 11) is 0. The second-order valence-corrected chi connectivity index (χ2v) is 6.04. The van der Waals surface area contributed by atoms with Crippen LogP contribution >= 0.6 is 0 Å². The number of carbonyl (C=O) groups excluding carboxylic acids is 1. The summed E-state index contributed by atoms with van der Waals surface area (Å²) >= 11 is 0. The van der Waals surface area contributed by atoms with Crippen LogP contribution in [0.25, 0.3) is 0 Å². The molecule has 4 nitrogen and oxygen atoms in total. The Hall–Kier alpha value is -2.62. The highest BCUT2D eigenvalue weighted by molar-refractivity contribution is 5.97. The molecule has 1 aliphatic rings. The van der Waals surface area contributed by atoms with Gasteiger partial charge < -0.3 is 10.0 Å². The van der Waals surface area contributed by atoms with Gasteiger partial charge in [-0.1, -0.05) is 36.4 Å². The summed E-state index contributed by atoms with van der Waals surface area (Å²) < 4.78 is 0. The molecule has 1 N–H and O–H groups in total. The van der Waals surface area contributed by atoms with Crippen molar-refractivity contribution in [3.63, 3.8) is 0 Å². The Labute approximate surface area is 135 Å². The van der Waals surface area contributed by atoms with Gasteiger partial charge >= 0.3 is 5.97 Å². The Morgan fingerprint density at radius 1 is 1.04 bits per heavy atom. The van der Waals surface area contributed by atoms with Gasteiger partial charge in [0.1, 0.15) is 0 Å². The van der Waals surface area contributed by atoms with Crippen molar-refractivity contribution in [3.8, 4) is 0 Å². The second kappa shape index (κ2) is 6.24. The Bertz CT molecular complexity index is 726. The molecule has 23 heavy (non-hydrogen) atoms. The molecule has 2 aromatic rings. The lowest BCUT2D eigenvalue weighted by molar-refractivity contribution is 0.0697. The first kappa shape index (κ1) is 15.3. The van der Waals surface area contributed by atoms with Crippen LogP contribution in [0.15, 0.2) is 54.6 Å². The largest absolute Gasteiger partial charge is 0.478 e. The van der Waals surface area contributed by atoms with Crippen LogP contribution in [0.3, 0.4) is 0 Å². The summed E-state index contributed by atoms with van der Waals surface area (Å²) in [5.41, 5.74) is 1.82. The minimum Gasteiger partial charge on any atom is -0.478 e. The number of carboxylic acid groups (broad SMARTS) is 1. The van der Waals surface area contributed by atoms with Crippen molar-refractivity contribution in [2.24, 2.45) is 0 Å². The molecule has 1 heterocycles. The third-order valence-electron chi connectivity index (χ3n) is 4.46.